The average molecular weight is 458 g/mol. The number of nitrogens with one attached hydrogen (secondary N) is 2. The van der Waals surface area contributed by atoms with Gasteiger partial charge in [-0.05, 0) is 51.3 Å². The predicted octanol–water partition coefficient (Wildman–Crippen LogP) is 4.17. The summed E-state index contributed by atoms with van der Waals surface area (Å²) in [6.07, 6.45) is 9.23. The summed E-state index contributed by atoms with van der Waals surface area (Å²) < 4.78 is 5.23. The normalized spacial score (nSPS) is 11.8. The molecule has 0 fully saturated rings. The molecule has 0 aliphatic rings. The van der Waals surface area contributed by atoms with Crippen LogP contribution in [0.2, 0.25) is 0 Å². The molecule has 0 saturated heterocycles. The van der Waals surface area contributed by atoms with Crippen molar-refractivity contribution in [1.29, 1.82) is 0 Å². The summed E-state index contributed by atoms with van der Waals surface area (Å²) in [6.45, 7) is 10.0. The highest BCUT2D eigenvalue weighted by molar-refractivity contribution is 5.90. The van der Waals surface area contributed by atoms with Gasteiger partial charge in [0.05, 0.1) is 0 Å². The lowest BCUT2D eigenvalue weighted by atomic mass is 10.0. The number of nitrogens with zero attached hydrogens (tertiary/aromatic N) is 1. The molecule has 0 heterocycles. The van der Waals surface area contributed by atoms with Gasteiger partial charge in [-0.25, -0.2) is 4.79 Å². The summed E-state index contributed by atoms with van der Waals surface area (Å²) in [5.74, 6) is 1.96. The third-order valence-electron chi connectivity index (χ3n) is 4.89. The largest absolute Gasteiger partial charge is 0.444 e. The van der Waals surface area contributed by atoms with E-state index < -0.39 is 17.7 Å². The molecule has 0 aliphatic carbocycles. The fourth-order valence-electron chi connectivity index (χ4n) is 3.21. The highest BCUT2D eigenvalue weighted by Crippen LogP contribution is 2.23. The zero-order valence-corrected chi connectivity index (χ0v) is 20.7. The van der Waals surface area contributed by atoms with Gasteiger partial charge in [0.15, 0.2) is 0 Å². The molecule has 182 valence electrons. The molecule has 0 saturated carbocycles. The summed E-state index contributed by atoms with van der Waals surface area (Å²) in [4.78, 5) is 40.0. The Morgan fingerprint density at radius 3 is 2.21 bits per heavy atom. The van der Waals surface area contributed by atoms with E-state index in [0.717, 1.165) is 32.1 Å². The highest BCUT2D eigenvalue weighted by atomic mass is 16.6. The van der Waals surface area contributed by atoms with Gasteiger partial charge in [-0.2, -0.15) is 0 Å². The number of alkyl carbamates (subject to hydrolysis) is 1. The smallest absolute Gasteiger partial charge is 0.408 e. The van der Waals surface area contributed by atoms with E-state index in [-0.39, 0.29) is 18.4 Å². The summed E-state index contributed by atoms with van der Waals surface area (Å²) in [5.41, 5.74) is 0.693. The Kier molecular flexibility index (Phi) is 12.1. The van der Waals surface area contributed by atoms with Crippen LogP contribution < -0.4 is 10.6 Å². The van der Waals surface area contributed by atoms with Gasteiger partial charge in [0.2, 0.25) is 11.8 Å². The van der Waals surface area contributed by atoms with E-state index in [0.29, 0.717) is 24.2 Å². The van der Waals surface area contributed by atoms with Crippen LogP contribution in [0.3, 0.4) is 0 Å². The van der Waals surface area contributed by atoms with E-state index in [1.165, 1.54) is 0 Å². The van der Waals surface area contributed by atoms with Gasteiger partial charge in [0.25, 0.3) is 0 Å². The van der Waals surface area contributed by atoms with Crippen molar-refractivity contribution in [3.8, 4) is 12.3 Å². The lowest BCUT2D eigenvalue weighted by Gasteiger charge is -2.32. The summed E-state index contributed by atoms with van der Waals surface area (Å²) in [6, 6.07) is 6.25. The maximum atomic E-state index is 13.2. The first-order valence-electron chi connectivity index (χ1n) is 11.7. The van der Waals surface area contributed by atoms with Crippen LogP contribution in [0.25, 0.3) is 0 Å². The van der Waals surface area contributed by atoms with E-state index in [1.54, 1.807) is 49.9 Å². The first-order chi connectivity index (χ1) is 15.6. The van der Waals surface area contributed by atoms with Gasteiger partial charge in [-0.3, -0.25) is 9.59 Å². The lowest BCUT2D eigenvalue weighted by Crippen LogP contribution is -2.48. The summed E-state index contributed by atoms with van der Waals surface area (Å²) in [5, 5.41) is 5.46. The molecular formula is C26H39N3O4. The maximum absolute atomic E-state index is 13.2. The second-order valence-corrected chi connectivity index (χ2v) is 8.96. The molecule has 1 aromatic rings. The van der Waals surface area contributed by atoms with Crippen molar-refractivity contribution in [3.05, 3.63) is 35.4 Å². The number of carbonyl (C=O) groups excluding carboxylic acids is 3. The van der Waals surface area contributed by atoms with Gasteiger partial charge in [0.1, 0.15) is 18.2 Å². The zero-order valence-electron chi connectivity index (χ0n) is 20.7. The Balaban J connectivity index is 3.16. The zero-order chi connectivity index (χ0) is 24.9. The van der Waals surface area contributed by atoms with E-state index >= 15 is 0 Å². The van der Waals surface area contributed by atoms with Gasteiger partial charge < -0.3 is 20.3 Å². The monoisotopic (exact) mass is 457 g/mol. The molecule has 2 N–H and O–H groups in total. The molecule has 0 radical (unpaired) electrons. The van der Waals surface area contributed by atoms with Crippen molar-refractivity contribution in [3.63, 3.8) is 0 Å². The summed E-state index contributed by atoms with van der Waals surface area (Å²) >= 11 is 0. The van der Waals surface area contributed by atoms with Crippen LogP contribution in [0, 0.1) is 12.3 Å². The number of carbonyl (C=O) groups is 3. The molecule has 0 aliphatic heterocycles. The van der Waals surface area contributed by atoms with E-state index in [2.05, 4.69) is 23.5 Å². The number of terminal acetylenes is 1. The molecule has 0 aromatic heterocycles. The van der Waals surface area contributed by atoms with E-state index in [9.17, 15) is 14.4 Å². The number of benzene rings is 1. The second kappa shape index (κ2) is 14.2. The number of hydrogen-bond acceptors (Lipinski definition) is 4. The van der Waals surface area contributed by atoms with Crippen molar-refractivity contribution in [1.82, 2.24) is 15.5 Å². The van der Waals surface area contributed by atoms with Crippen molar-refractivity contribution in [2.75, 3.05) is 19.6 Å². The van der Waals surface area contributed by atoms with Crippen molar-refractivity contribution < 1.29 is 19.1 Å². The molecule has 0 spiro atoms. The first kappa shape index (κ1) is 28.0. The number of amides is 3. The molecule has 1 aromatic carbocycles. The molecule has 1 unspecified atom stereocenters. The Morgan fingerprint density at radius 1 is 1.03 bits per heavy atom. The van der Waals surface area contributed by atoms with E-state index in [4.69, 9.17) is 11.2 Å². The van der Waals surface area contributed by atoms with Crippen LogP contribution in [-0.4, -0.2) is 48.0 Å². The quantitative estimate of drug-likeness (QED) is 0.364. The van der Waals surface area contributed by atoms with E-state index in [1.807, 2.05) is 6.92 Å². The minimum Gasteiger partial charge on any atom is -0.444 e. The molecule has 1 rings (SSSR count). The first-order valence-corrected chi connectivity index (χ1v) is 11.7. The maximum Gasteiger partial charge on any atom is 0.408 e. The molecule has 3 amide bonds. The van der Waals surface area contributed by atoms with Crippen LogP contribution in [0.5, 0.6) is 0 Å². The molecule has 33 heavy (non-hydrogen) atoms. The van der Waals surface area contributed by atoms with Crippen LogP contribution in [-0.2, 0) is 14.3 Å². The third-order valence-corrected chi connectivity index (χ3v) is 4.89. The fourth-order valence-corrected chi connectivity index (χ4v) is 3.21. The van der Waals surface area contributed by atoms with Gasteiger partial charge in [0, 0.05) is 18.7 Å². The van der Waals surface area contributed by atoms with Gasteiger partial charge >= 0.3 is 6.09 Å². The third kappa shape index (κ3) is 10.4. The topological polar surface area (TPSA) is 87.7 Å². The van der Waals surface area contributed by atoms with Crippen LogP contribution >= 0.6 is 0 Å². The molecule has 0 bridgehead atoms. The number of rotatable bonds is 12. The Hall–Kier alpha value is -3.01. The second-order valence-electron chi connectivity index (χ2n) is 8.96. The van der Waals surface area contributed by atoms with Gasteiger partial charge in [-0.15, -0.1) is 6.42 Å². The minimum absolute atomic E-state index is 0.251. The van der Waals surface area contributed by atoms with Crippen LogP contribution in [0.15, 0.2) is 24.3 Å². The van der Waals surface area contributed by atoms with Crippen LogP contribution in [0.4, 0.5) is 4.79 Å². The molecular weight excluding hydrogens is 418 g/mol. The Morgan fingerprint density at radius 2 is 1.67 bits per heavy atom. The number of unbranched alkanes of at least 4 members (excludes halogenated alkanes) is 3. The van der Waals surface area contributed by atoms with Crippen molar-refractivity contribution in [2.45, 2.75) is 78.4 Å². The van der Waals surface area contributed by atoms with Gasteiger partial charge in [-0.1, -0.05) is 51.2 Å². The molecule has 7 nitrogen and oxygen atoms in total. The standard InChI is InChI=1S/C26H39N3O4/c1-7-10-12-18-29(22(30)19-28-25(32)33-26(4,5)6)23(24(31)27-17-11-8-2)21-15-13-20(9-3)14-16-21/h3,13-16,23H,7-8,10-12,17-19H2,1-2,4-6H3,(H,27,31)(H,28,32). The fraction of sp³-hybridized carbons (Fsp3) is 0.577. The van der Waals surface area contributed by atoms with Crippen molar-refractivity contribution >= 4 is 17.9 Å². The number of ether oxygens (including phenoxy) is 1. The van der Waals surface area contributed by atoms with Crippen molar-refractivity contribution in [2.24, 2.45) is 0 Å². The molecule has 7 heteroatoms. The number of hydrogen-bond donors (Lipinski definition) is 2. The lowest BCUT2D eigenvalue weighted by molar-refractivity contribution is -0.140. The SMILES string of the molecule is C#Cc1ccc(C(C(=O)NCCCC)N(CCCCC)C(=O)CNC(=O)OC(C)(C)C)cc1. The highest BCUT2D eigenvalue weighted by Gasteiger charge is 2.31. The average Bonchev–Trinajstić information content (AvgIpc) is 2.76. The summed E-state index contributed by atoms with van der Waals surface area (Å²) in [7, 11) is 0. The minimum atomic E-state index is -0.821. The van der Waals surface area contributed by atoms with Crippen LogP contribution in [0.1, 0.15) is 83.9 Å². The molecule has 1 atom stereocenters. The predicted molar refractivity (Wildman–Crippen MR) is 131 cm³/mol. The Labute approximate surface area is 198 Å². The Bertz CT molecular complexity index is 806.